The van der Waals surface area contributed by atoms with Crippen LogP contribution in [-0.2, 0) is 6.42 Å². The Morgan fingerprint density at radius 2 is 1.53 bits per heavy atom. The minimum atomic E-state index is -4.70. The van der Waals surface area contributed by atoms with E-state index in [1.165, 1.54) is 17.7 Å². The fourth-order valence-corrected chi connectivity index (χ4v) is 3.20. The molecular formula is C24H24F3NO2. The van der Waals surface area contributed by atoms with E-state index in [-0.39, 0.29) is 5.75 Å². The number of halogens is 3. The molecule has 0 aliphatic carbocycles. The molecule has 0 bridgehead atoms. The number of alkyl halides is 3. The van der Waals surface area contributed by atoms with Gasteiger partial charge in [0, 0.05) is 6.54 Å². The summed E-state index contributed by atoms with van der Waals surface area (Å²) in [6.07, 6.45) is -1.59. The van der Waals surface area contributed by atoms with Crippen molar-refractivity contribution in [3.05, 3.63) is 78.4 Å². The molecule has 0 aromatic heterocycles. The van der Waals surface area contributed by atoms with Crippen molar-refractivity contribution in [2.45, 2.75) is 25.6 Å². The standard InChI is InChI=1S/C24H24F3NO2/c1-29-23-15-12-20(19-10-13-21(14-11-19)30-24(25,26)27)17-22(23)28-16-6-5-9-18-7-3-2-4-8-18/h2-4,7-8,10-15,17,28H,5-6,9,16H2,1H3. The van der Waals surface area contributed by atoms with E-state index in [2.05, 4.69) is 22.2 Å². The Morgan fingerprint density at radius 3 is 2.20 bits per heavy atom. The lowest BCUT2D eigenvalue weighted by Crippen LogP contribution is -2.16. The summed E-state index contributed by atoms with van der Waals surface area (Å²) >= 11 is 0. The third-order valence-electron chi connectivity index (χ3n) is 4.67. The second kappa shape index (κ2) is 10.1. The summed E-state index contributed by atoms with van der Waals surface area (Å²) in [5, 5.41) is 3.40. The van der Waals surface area contributed by atoms with Crippen molar-refractivity contribution in [2.24, 2.45) is 0 Å². The van der Waals surface area contributed by atoms with E-state index >= 15 is 0 Å². The van der Waals surface area contributed by atoms with Crippen LogP contribution in [0.4, 0.5) is 18.9 Å². The first-order chi connectivity index (χ1) is 14.4. The van der Waals surface area contributed by atoms with Crippen LogP contribution >= 0.6 is 0 Å². The third-order valence-corrected chi connectivity index (χ3v) is 4.67. The van der Waals surface area contributed by atoms with Crippen LogP contribution in [0, 0.1) is 0 Å². The zero-order valence-corrected chi connectivity index (χ0v) is 16.7. The Hall–Kier alpha value is -3.15. The molecule has 0 amide bonds. The molecule has 1 N–H and O–H groups in total. The molecule has 3 nitrogen and oxygen atoms in total. The van der Waals surface area contributed by atoms with Gasteiger partial charge in [-0.05, 0) is 60.2 Å². The number of hydrogen-bond donors (Lipinski definition) is 1. The van der Waals surface area contributed by atoms with Crippen LogP contribution in [-0.4, -0.2) is 20.0 Å². The molecule has 0 spiro atoms. The maximum absolute atomic E-state index is 12.3. The van der Waals surface area contributed by atoms with E-state index in [9.17, 15) is 13.2 Å². The molecule has 0 unspecified atom stereocenters. The minimum Gasteiger partial charge on any atom is -0.495 e. The van der Waals surface area contributed by atoms with Crippen molar-refractivity contribution in [3.8, 4) is 22.6 Å². The highest BCUT2D eigenvalue weighted by Crippen LogP contribution is 2.32. The number of nitrogens with one attached hydrogen (secondary N) is 1. The molecule has 0 radical (unpaired) electrons. The van der Waals surface area contributed by atoms with E-state index < -0.39 is 6.36 Å². The predicted octanol–water partition coefficient (Wildman–Crippen LogP) is 6.70. The molecular weight excluding hydrogens is 391 g/mol. The Balaban J connectivity index is 1.60. The third kappa shape index (κ3) is 6.44. The molecule has 0 heterocycles. The molecule has 30 heavy (non-hydrogen) atoms. The SMILES string of the molecule is COc1ccc(-c2ccc(OC(F)(F)F)cc2)cc1NCCCCc1ccccc1. The van der Waals surface area contributed by atoms with Gasteiger partial charge >= 0.3 is 6.36 Å². The van der Waals surface area contributed by atoms with Gasteiger partial charge < -0.3 is 14.8 Å². The molecule has 0 fully saturated rings. The molecule has 0 saturated carbocycles. The van der Waals surface area contributed by atoms with Crippen LogP contribution in [0.2, 0.25) is 0 Å². The average molecular weight is 415 g/mol. The zero-order chi connectivity index (χ0) is 21.4. The number of ether oxygens (including phenoxy) is 2. The quantitative estimate of drug-likeness (QED) is 0.395. The van der Waals surface area contributed by atoms with Gasteiger partial charge in [-0.2, -0.15) is 0 Å². The molecule has 3 rings (SSSR count). The number of methoxy groups -OCH3 is 1. The van der Waals surface area contributed by atoms with Gasteiger partial charge in [0.1, 0.15) is 11.5 Å². The van der Waals surface area contributed by atoms with Crippen molar-refractivity contribution >= 4 is 5.69 Å². The predicted molar refractivity (Wildman–Crippen MR) is 113 cm³/mol. The Bertz CT molecular complexity index is 925. The number of anilines is 1. The average Bonchev–Trinajstić information content (AvgIpc) is 2.73. The first-order valence-electron chi connectivity index (χ1n) is 9.76. The largest absolute Gasteiger partial charge is 0.573 e. The first kappa shape index (κ1) is 21.6. The highest BCUT2D eigenvalue weighted by atomic mass is 19.4. The Labute approximate surface area is 174 Å². The zero-order valence-electron chi connectivity index (χ0n) is 16.7. The summed E-state index contributed by atoms with van der Waals surface area (Å²) in [6.45, 7) is 0.797. The van der Waals surface area contributed by atoms with Gasteiger partial charge in [0.2, 0.25) is 0 Å². The fourth-order valence-electron chi connectivity index (χ4n) is 3.20. The molecule has 0 aliphatic rings. The van der Waals surface area contributed by atoms with Crippen molar-refractivity contribution in [3.63, 3.8) is 0 Å². The highest BCUT2D eigenvalue weighted by Gasteiger charge is 2.30. The van der Waals surface area contributed by atoms with Crippen molar-refractivity contribution in [2.75, 3.05) is 19.0 Å². The lowest BCUT2D eigenvalue weighted by atomic mass is 10.0. The lowest BCUT2D eigenvalue weighted by molar-refractivity contribution is -0.274. The van der Waals surface area contributed by atoms with E-state index in [1.807, 2.05) is 36.4 Å². The first-order valence-corrected chi connectivity index (χ1v) is 9.76. The van der Waals surface area contributed by atoms with E-state index in [4.69, 9.17) is 4.74 Å². The lowest BCUT2D eigenvalue weighted by Gasteiger charge is -2.14. The molecule has 3 aromatic rings. The van der Waals surface area contributed by atoms with Gasteiger partial charge in [0.15, 0.2) is 0 Å². The minimum absolute atomic E-state index is 0.239. The maximum atomic E-state index is 12.3. The number of aryl methyl sites for hydroxylation is 1. The molecule has 0 aliphatic heterocycles. The fraction of sp³-hybridized carbons (Fsp3) is 0.250. The van der Waals surface area contributed by atoms with Gasteiger partial charge in [-0.1, -0.05) is 48.5 Å². The molecule has 0 saturated heterocycles. The maximum Gasteiger partial charge on any atom is 0.573 e. The van der Waals surface area contributed by atoms with E-state index in [1.54, 1.807) is 19.2 Å². The van der Waals surface area contributed by atoms with Crippen molar-refractivity contribution < 1.29 is 22.6 Å². The number of hydrogen-bond acceptors (Lipinski definition) is 3. The van der Waals surface area contributed by atoms with Crippen LogP contribution in [0.3, 0.4) is 0 Å². The van der Waals surface area contributed by atoms with E-state index in [0.29, 0.717) is 0 Å². The monoisotopic (exact) mass is 415 g/mol. The topological polar surface area (TPSA) is 30.5 Å². The summed E-state index contributed by atoms with van der Waals surface area (Å²) in [5.74, 6) is 0.482. The van der Waals surface area contributed by atoms with Gasteiger partial charge in [0.25, 0.3) is 0 Å². The molecule has 6 heteroatoms. The van der Waals surface area contributed by atoms with Crippen molar-refractivity contribution in [1.82, 2.24) is 0 Å². The van der Waals surface area contributed by atoms with Gasteiger partial charge in [-0.15, -0.1) is 13.2 Å². The van der Waals surface area contributed by atoms with Crippen LogP contribution < -0.4 is 14.8 Å². The van der Waals surface area contributed by atoms with Gasteiger partial charge in [0.05, 0.1) is 12.8 Å². The molecule has 3 aromatic carbocycles. The molecule has 0 atom stereocenters. The summed E-state index contributed by atoms with van der Waals surface area (Å²) in [7, 11) is 1.61. The summed E-state index contributed by atoms with van der Waals surface area (Å²) in [4.78, 5) is 0. The van der Waals surface area contributed by atoms with E-state index in [0.717, 1.165) is 48.4 Å². The van der Waals surface area contributed by atoms with Crippen molar-refractivity contribution in [1.29, 1.82) is 0 Å². The Morgan fingerprint density at radius 1 is 0.833 bits per heavy atom. The Kier molecular flexibility index (Phi) is 7.22. The summed E-state index contributed by atoms with van der Waals surface area (Å²) < 4.78 is 46.3. The van der Waals surface area contributed by atoms with Crippen LogP contribution in [0.15, 0.2) is 72.8 Å². The van der Waals surface area contributed by atoms with Gasteiger partial charge in [-0.3, -0.25) is 0 Å². The number of unbranched alkanes of at least 4 members (excludes halogenated alkanes) is 1. The number of rotatable bonds is 9. The smallest absolute Gasteiger partial charge is 0.495 e. The van der Waals surface area contributed by atoms with Gasteiger partial charge in [-0.25, -0.2) is 0 Å². The summed E-state index contributed by atoms with van der Waals surface area (Å²) in [6, 6.07) is 21.9. The second-order valence-corrected chi connectivity index (χ2v) is 6.86. The van der Waals surface area contributed by atoms with Crippen LogP contribution in [0.1, 0.15) is 18.4 Å². The highest BCUT2D eigenvalue weighted by molar-refractivity contribution is 5.72. The normalized spacial score (nSPS) is 11.2. The summed E-state index contributed by atoms with van der Waals surface area (Å²) in [5.41, 5.74) is 3.85. The molecule has 158 valence electrons. The second-order valence-electron chi connectivity index (χ2n) is 6.86. The van der Waals surface area contributed by atoms with Crippen LogP contribution in [0.5, 0.6) is 11.5 Å². The van der Waals surface area contributed by atoms with Crippen LogP contribution in [0.25, 0.3) is 11.1 Å². The number of benzene rings is 3.